The predicted molar refractivity (Wildman–Crippen MR) is 90.0 cm³/mol. The minimum Gasteiger partial charge on any atom is -0.496 e. The Morgan fingerprint density at radius 2 is 1.71 bits per heavy atom. The number of hydrogen-bond donors (Lipinski definition) is 1. The van der Waals surface area contributed by atoms with Gasteiger partial charge in [-0.15, -0.1) is 0 Å². The molecule has 0 aliphatic rings. The molecule has 0 radical (unpaired) electrons. The number of benzene rings is 2. The summed E-state index contributed by atoms with van der Waals surface area (Å²) in [6.45, 7) is 6.42. The van der Waals surface area contributed by atoms with Gasteiger partial charge in [-0.1, -0.05) is 31.2 Å². The Labute approximate surface area is 128 Å². The molecule has 0 aliphatic heterocycles. The number of nitrogens with one attached hydrogen (secondary N) is 1. The molecule has 0 spiro atoms. The van der Waals surface area contributed by atoms with E-state index in [0.29, 0.717) is 6.04 Å². The summed E-state index contributed by atoms with van der Waals surface area (Å²) in [5, 5.41) is 3.35. The fourth-order valence-electron chi connectivity index (χ4n) is 2.82. The first-order valence-corrected chi connectivity index (χ1v) is 7.53. The average Bonchev–Trinajstić information content (AvgIpc) is 2.51. The van der Waals surface area contributed by atoms with Gasteiger partial charge in [0.25, 0.3) is 0 Å². The van der Waals surface area contributed by atoms with Crippen LogP contribution in [0.3, 0.4) is 0 Å². The molecule has 2 rings (SSSR count). The molecule has 0 heterocycles. The molecular weight excluding hydrogens is 258 g/mol. The predicted octanol–water partition coefficient (Wildman–Crippen LogP) is 4.65. The number of aryl methyl sites for hydroxylation is 2. The van der Waals surface area contributed by atoms with Crippen LogP contribution in [0.15, 0.2) is 36.4 Å². The molecule has 0 aromatic heterocycles. The van der Waals surface area contributed by atoms with Crippen molar-refractivity contribution in [3.8, 4) is 16.9 Å². The van der Waals surface area contributed by atoms with Crippen LogP contribution in [-0.2, 0) is 0 Å². The normalized spacial score (nSPS) is 12.2. The van der Waals surface area contributed by atoms with Crippen LogP contribution in [0.25, 0.3) is 11.1 Å². The third-order valence-corrected chi connectivity index (χ3v) is 4.12. The van der Waals surface area contributed by atoms with E-state index in [9.17, 15) is 0 Å². The molecule has 2 heteroatoms. The first-order valence-electron chi connectivity index (χ1n) is 7.53. The molecule has 1 atom stereocenters. The average molecular weight is 283 g/mol. The van der Waals surface area contributed by atoms with Crippen molar-refractivity contribution in [2.24, 2.45) is 0 Å². The fourth-order valence-corrected chi connectivity index (χ4v) is 2.82. The summed E-state index contributed by atoms with van der Waals surface area (Å²) in [4.78, 5) is 0. The molecule has 112 valence electrons. The topological polar surface area (TPSA) is 21.3 Å². The van der Waals surface area contributed by atoms with E-state index >= 15 is 0 Å². The lowest BCUT2D eigenvalue weighted by Gasteiger charge is -2.16. The minimum absolute atomic E-state index is 0.428. The summed E-state index contributed by atoms with van der Waals surface area (Å²) in [7, 11) is 3.73. The highest BCUT2D eigenvalue weighted by Gasteiger charge is 2.09. The Kier molecular flexibility index (Phi) is 5.03. The summed E-state index contributed by atoms with van der Waals surface area (Å²) in [6.07, 6.45) is 1.09. The first-order chi connectivity index (χ1) is 10.1. The molecular formula is C19H25NO. The molecule has 2 nitrogen and oxygen atoms in total. The van der Waals surface area contributed by atoms with Crippen molar-refractivity contribution >= 4 is 0 Å². The van der Waals surface area contributed by atoms with Gasteiger partial charge in [-0.05, 0) is 67.3 Å². The highest BCUT2D eigenvalue weighted by atomic mass is 16.5. The van der Waals surface area contributed by atoms with Crippen LogP contribution in [0.2, 0.25) is 0 Å². The van der Waals surface area contributed by atoms with Crippen LogP contribution < -0.4 is 10.1 Å². The zero-order valence-electron chi connectivity index (χ0n) is 13.7. The maximum absolute atomic E-state index is 5.39. The van der Waals surface area contributed by atoms with Crippen LogP contribution in [0, 0.1) is 13.8 Å². The van der Waals surface area contributed by atoms with Crippen molar-refractivity contribution in [1.29, 1.82) is 0 Å². The third kappa shape index (κ3) is 3.27. The van der Waals surface area contributed by atoms with Crippen LogP contribution in [0.1, 0.15) is 36.1 Å². The number of methoxy groups -OCH3 is 1. The van der Waals surface area contributed by atoms with Gasteiger partial charge >= 0.3 is 0 Å². The second-order valence-corrected chi connectivity index (χ2v) is 5.51. The van der Waals surface area contributed by atoms with Crippen LogP contribution >= 0.6 is 0 Å². The van der Waals surface area contributed by atoms with Gasteiger partial charge in [0.15, 0.2) is 0 Å². The van der Waals surface area contributed by atoms with Crippen molar-refractivity contribution in [1.82, 2.24) is 5.32 Å². The zero-order chi connectivity index (χ0) is 15.4. The van der Waals surface area contributed by atoms with Crippen LogP contribution in [-0.4, -0.2) is 14.2 Å². The summed E-state index contributed by atoms with van der Waals surface area (Å²) in [5.74, 6) is 0.953. The van der Waals surface area contributed by atoms with Crippen molar-refractivity contribution < 1.29 is 4.74 Å². The number of rotatable bonds is 5. The monoisotopic (exact) mass is 283 g/mol. The lowest BCUT2D eigenvalue weighted by molar-refractivity contribution is 0.411. The standard InChI is InChI=1S/C19H25NO/c1-6-18(20-4)16-9-7-15(8-10-16)17-11-14(3)19(21-5)12-13(17)2/h7-12,18,20H,6H2,1-5H3. The Morgan fingerprint density at radius 3 is 2.24 bits per heavy atom. The molecule has 0 aliphatic carbocycles. The first kappa shape index (κ1) is 15.6. The van der Waals surface area contributed by atoms with Crippen LogP contribution in [0.4, 0.5) is 0 Å². The van der Waals surface area contributed by atoms with Gasteiger partial charge in [-0.3, -0.25) is 0 Å². The maximum atomic E-state index is 5.39. The zero-order valence-corrected chi connectivity index (χ0v) is 13.7. The van der Waals surface area contributed by atoms with Gasteiger partial charge in [-0.2, -0.15) is 0 Å². The molecule has 1 N–H and O–H groups in total. The van der Waals surface area contributed by atoms with E-state index in [4.69, 9.17) is 4.74 Å². The van der Waals surface area contributed by atoms with Crippen molar-refractivity contribution in [2.75, 3.05) is 14.2 Å². The number of ether oxygens (including phenoxy) is 1. The summed E-state index contributed by atoms with van der Waals surface area (Å²) in [5.41, 5.74) is 6.28. The second-order valence-electron chi connectivity index (χ2n) is 5.51. The van der Waals surface area contributed by atoms with Crippen molar-refractivity contribution in [3.05, 3.63) is 53.1 Å². The molecule has 2 aromatic carbocycles. The van der Waals surface area contributed by atoms with Crippen molar-refractivity contribution in [3.63, 3.8) is 0 Å². The van der Waals surface area contributed by atoms with Gasteiger partial charge < -0.3 is 10.1 Å². The molecule has 0 saturated carbocycles. The van der Waals surface area contributed by atoms with E-state index in [1.165, 1.54) is 27.8 Å². The SMILES string of the molecule is CCC(NC)c1ccc(-c2cc(C)c(OC)cc2C)cc1. The Bertz CT molecular complexity index is 598. The highest BCUT2D eigenvalue weighted by Crippen LogP contribution is 2.31. The van der Waals surface area contributed by atoms with Gasteiger partial charge in [0.1, 0.15) is 5.75 Å². The Morgan fingerprint density at radius 1 is 1.05 bits per heavy atom. The smallest absolute Gasteiger partial charge is 0.122 e. The molecule has 0 saturated heterocycles. The Hall–Kier alpha value is -1.80. The van der Waals surface area contributed by atoms with E-state index in [0.717, 1.165) is 12.2 Å². The quantitative estimate of drug-likeness (QED) is 0.862. The van der Waals surface area contributed by atoms with Gasteiger partial charge in [-0.25, -0.2) is 0 Å². The Balaban J connectivity index is 2.37. The molecule has 1 unspecified atom stereocenters. The van der Waals surface area contributed by atoms with E-state index < -0.39 is 0 Å². The molecule has 0 bridgehead atoms. The fraction of sp³-hybridized carbons (Fsp3) is 0.368. The lowest BCUT2D eigenvalue weighted by Crippen LogP contribution is -2.14. The van der Waals surface area contributed by atoms with E-state index in [-0.39, 0.29) is 0 Å². The third-order valence-electron chi connectivity index (χ3n) is 4.12. The molecule has 2 aromatic rings. The molecule has 21 heavy (non-hydrogen) atoms. The van der Waals surface area contributed by atoms with E-state index in [1.807, 2.05) is 7.05 Å². The largest absolute Gasteiger partial charge is 0.496 e. The summed E-state index contributed by atoms with van der Waals surface area (Å²) < 4.78 is 5.39. The molecule has 0 amide bonds. The van der Waals surface area contributed by atoms with E-state index in [1.54, 1.807) is 7.11 Å². The van der Waals surface area contributed by atoms with Gasteiger partial charge in [0, 0.05) is 6.04 Å². The summed E-state index contributed by atoms with van der Waals surface area (Å²) in [6, 6.07) is 13.6. The number of hydrogen-bond acceptors (Lipinski definition) is 2. The summed E-state index contributed by atoms with van der Waals surface area (Å²) >= 11 is 0. The maximum Gasteiger partial charge on any atom is 0.122 e. The lowest BCUT2D eigenvalue weighted by atomic mass is 9.95. The molecule has 0 fully saturated rings. The van der Waals surface area contributed by atoms with Crippen molar-refractivity contribution in [2.45, 2.75) is 33.2 Å². The van der Waals surface area contributed by atoms with Gasteiger partial charge in [0.2, 0.25) is 0 Å². The highest BCUT2D eigenvalue weighted by molar-refractivity contribution is 5.69. The van der Waals surface area contributed by atoms with Crippen LogP contribution in [0.5, 0.6) is 5.75 Å². The van der Waals surface area contributed by atoms with E-state index in [2.05, 4.69) is 62.5 Å². The second kappa shape index (κ2) is 6.77. The van der Waals surface area contributed by atoms with Gasteiger partial charge in [0.05, 0.1) is 7.11 Å². The minimum atomic E-state index is 0.428.